The molecule has 0 radical (unpaired) electrons. The highest BCUT2D eigenvalue weighted by Crippen LogP contribution is 2.40. The molecule has 1 fully saturated rings. The van der Waals surface area contributed by atoms with Gasteiger partial charge in [-0.1, -0.05) is 44.7 Å². The van der Waals surface area contributed by atoms with E-state index in [2.05, 4.69) is 41.0 Å². The molecule has 196 valence electrons. The van der Waals surface area contributed by atoms with Crippen molar-refractivity contribution >= 4 is 29.4 Å². The first-order chi connectivity index (χ1) is 17.8. The summed E-state index contributed by atoms with van der Waals surface area (Å²) in [5.74, 6) is 1.72. The zero-order valence-electron chi connectivity index (χ0n) is 21.9. The predicted molar refractivity (Wildman–Crippen MR) is 146 cm³/mol. The molecule has 0 amide bonds. The van der Waals surface area contributed by atoms with E-state index in [1.165, 1.54) is 18.1 Å². The molecule has 37 heavy (non-hydrogen) atoms. The van der Waals surface area contributed by atoms with Crippen molar-refractivity contribution in [2.24, 2.45) is 5.10 Å². The maximum absolute atomic E-state index is 13.4. The molecule has 0 bridgehead atoms. The molecule has 2 aromatic carbocycles. The second kappa shape index (κ2) is 11.8. The molecule has 1 saturated heterocycles. The molecule has 0 saturated carbocycles. The normalized spacial score (nSPS) is 14.2. The number of nitrogens with zero attached hydrogens (tertiary/aromatic N) is 5. The number of Topliss-reactive ketones (excluding diaryl/α,β-unsaturated/α-hetero) is 1. The average molecular weight is 524 g/mol. The van der Waals surface area contributed by atoms with Crippen LogP contribution in [0.3, 0.4) is 0 Å². The fraction of sp³-hybridized carbons (Fsp3) is 0.407. The van der Waals surface area contributed by atoms with E-state index in [9.17, 15) is 4.79 Å². The molecular weight excluding hydrogens is 490 g/mol. The Bertz CT molecular complexity index is 1260. The lowest BCUT2D eigenvalue weighted by atomic mass is 9.84. The van der Waals surface area contributed by atoms with Crippen LogP contribution in [0.4, 0.5) is 5.69 Å². The second-order valence-corrected chi connectivity index (χ2v) is 10.5. The smallest absolute Gasteiger partial charge is 0.212 e. The standard InChI is InChI=1S/C27H33N5O4S/c1-27(2,3)21-14-20(15-22(25(21)35-5)31-10-12-36-13-11-31)23(33)17-37-26-30-28-18-32(26)29-16-19-8-6-7-9-24(19)34-4/h6-9,14-16,18H,10-13,17H2,1-5H3/b29-16+. The van der Waals surface area contributed by atoms with E-state index >= 15 is 0 Å². The van der Waals surface area contributed by atoms with Crippen molar-refractivity contribution in [3.8, 4) is 11.5 Å². The lowest BCUT2D eigenvalue weighted by Crippen LogP contribution is -2.37. The molecule has 1 aliphatic heterocycles. The number of anilines is 1. The number of carbonyl (C=O) groups is 1. The van der Waals surface area contributed by atoms with E-state index in [1.54, 1.807) is 25.1 Å². The number of ether oxygens (including phenoxy) is 3. The number of benzene rings is 2. The van der Waals surface area contributed by atoms with Crippen molar-refractivity contribution in [1.82, 2.24) is 14.9 Å². The van der Waals surface area contributed by atoms with Crippen LogP contribution in [-0.2, 0) is 10.2 Å². The van der Waals surface area contributed by atoms with Crippen LogP contribution < -0.4 is 14.4 Å². The minimum absolute atomic E-state index is 0.00378. The molecule has 0 aliphatic carbocycles. The molecule has 10 heteroatoms. The first-order valence-corrected chi connectivity index (χ1v) is 13.1. The van der Waals surface area contributed by atoms with Crippen LogP contribution >= 0.6 is 11.8 Å². The topological polar surface area (TPSA) is 91.1 Å². The van der Waals surface area contributed by atoms with E-state index in [1.807, 2.05) is 36.4 Å². The average Bonchev–Trinajstić information content (AvgIpc) is 3.37. The molecule has 0 unspecified atom stereocenters. The monoisotopic (exact) mass is 523 g/mol. The lowest BCUT2D eigenvalue weighted by Gasteiger charge is -2.33. The zero-order chi connectivity index (χ0) is 26.4. The predicted octanol–water partition coefficient (Wildman–Crippen LogP) is 4.29. The molecule has 9 nitrogen and oxygen atoms in total. The number of ketones is 1. The lowest BCUT2D eigenvalue weighted by molar-refractivity contribution is 0.102. The molecule has 0 N–H and O–H groups in total. The van der Waals surface area contributed by atoms with E-state index in [0.29, 0.717) is 29.7 Å². The van der Waals surface area contributed by atoms with Gasteiger partial charge in [-0.3, -0.25) is 4.79 Å². The van der Waals surface area contributed by atoms with Crippen LogP contribution in [0.1, 0.15) is 42.3 Å². The van der Waals surface area contributed by atoms with E-state index < -0.39 is 0 Å². The van der Waals surface area contributed by atoms with Crippen LogP contribution in [0.25, 0.3) is 0 Å². The highest BCUT2D eigenvalue weighted by molar-refractivity contribution is 7.99. The van der Waals surface area contributed by atoms with E-state index in [4.69, 9.17) is 14.2 Å². The van der Waals surface area contributed by atoms with Gasteiger partial charge in [-0.2, -0.15) is 9.78 Å². The van der Waals surface area contributed by atoms with Crippen molar-refractivity contribution in [2.75, 3.05) is 51.2 Å². The fourth-order valence-electron chi connectivity index (χ4n) is 4.09. The largest absolute Gasteiger partial charge is 0.496 e. The molecule has 1 aliphatic rings. The Kier molecular flexibility index (Phi) is 8.50. The van der Waals surface area contributed by atoms with Gasteiger partial charge in [0.2, 0.25) is 5.16 Å². The second-order valence-electron chi connectivity index (χ2n) is 9.58. The van der Waals surface area contributed by atoms with Crippen molar-refractivity contribution in [1.29, 1.82) is 0 Å². The Morgan fingerprint density at radius 1 is 1.16 bits per heavy atom. The van der Waals surface area contributed by atoms with Gasteiger partial charge in [0.25, 0.3) is 0 Å². The van der Waals surface area contributed by atoms with Crippen molar-refractivity contribution in [2.45, 2.75) is 31.3 Å². The van der Waals surface area contributed by atoms with Crippen LogP contribution in [0.15, 0.2) is 53.0 Å². The number of para-hydroxylation sites is 1. The zero-order valence-corrected chi connectivity index (χ0v) is 22.7. The maximum atomic E-state index is 13.4. The molecule has 1 aromatic heterocycles. The molecular formula is C27H33N5O4S. The number of hydrogen-bond acceptors (Lipinski definition) is 9. The van der Waals surface area contributed by atoms with Crippen molar-refractivity contribution < 1.29 is 19.0 Å². The number of methoxy groups -OCH3 is 2. The van der Waals surface area contributed by atoms with E-state index in [0.717, 1.165) is 35.7 Å². The van der Waals surface area contributed by atoms with Gasteiger partial charge in [0, 0.05) is 29.8 Å². The van der Waals surface area contributed by atoms with Crippen LogP contribution in [-0.4, -0.2) is 73.1 Å². The van der Waals surface area contributed by atoms with E-state index in [-0.39, 0.29) is 17.0 Å². The highest BCUT2D eigenvalue weighted by atomic mass is 32.2. The number of carbonyl (C=O) groups excluding carboxylic acids is 1. The summed E-state index contributed by atoms with van der Waals surface area (Å²) in [5, 5.41) is 13.1. The highest BCUT2D eigenvalue weighted by Gasteiger charge is 2.27. The molecule has 4 rings (SSSR count). The summed E-state index contributed by atoms with van der Waals surface area (Å²) in [6.07, 6.45) is 3.20. The third-order valence-electron chi connectivity index (χ3n) is 6.05. The Morgan fingerprint density at radius 2 is 1.92 bits per heavy atom. The third-order valence-corrected chi connectivity index (χ3v) is 6.98. The van der Waals surface area contributed by atoms with Gasteiger partial charge >= 0.3 is 0 Å². The minimum Gasteiger partial charge on any atom is -0.496 e. The van der Waals surface area contributed by atoms with Gasteiger partial charge < -0.3 is 19.1 Å². The van der Waals surface area contributed by atoms with Gasteiger partial charge in [0.1, 0.15) is 17.8 Å². The number of thioether (sulfide) groups is 1. The SMILES string of the molecule is COc1ccccc1/C=N/n1cnnc1SCC(=O)c1cc(N2CCOCC2)c(OC)c(C(C)(C)C)c1. The van der Waals surface area contributed by atoms with Gasteiger partial charge in [-0.15, -0.1) is 10.2 Å². The summed E-state index contributed by atoms with van der Waals surface area (Å²) in [5.41, 5.74) is 3.19. The number of hydrogen-bond donors (Lipinski definition) is 0. The first-order valence-electron chi connectivity index (χ1n) is 12.1. The molecule has 3 aromatic rings. The third kappa shape index (κ3) is 6.31. The summed E-state index contributed by atoms with van der Waals surface area (Å²) < 4.78 is 18.3. The maximum Gasteiger partial charge on any atom is 0.212 e. The number of morpholine rings is 1. The summed E-state index contributed by atoms with van der Waals surface area (Å²) in [7, 11) is 3.30. The molecule has 0 spiro atoms. The summed E-state index contributed by atoms with van der Waals surface area (Å²) in [4.78, 5) is 15.6. The van der Waals surface area contributed by atoms with Gasteiger partial charge in [0.15, 0.2) is 5.78 Å². The van der Waals surface area contributed by atoms with Crippen molar-refractivity contribution in [3.63, 3.8) is 0 Å². The summed E-state index contributed by atoms with van der Waals surface area (Å²) in [6, 6.07) is 11.5. The Hall–Kier alpha value is -3.37. The fourth-order valence-corrected chi connectivity index (χ4v) is 4.85. The Balaban J connectivity index is 1.56. The summed E-state index contributed by atoms with van der Waals surface area (Å²) >= 11 is 1.30. The quantitative estimate of drug-likeness (QED) is 0.233. The van der Waals surface area contributed by atoms with Gasteiger partial charge in [-0.05, 0) is 29.7 Å². The minimum atomic E-state index is -0.205. The van der Waals surface area contributed by atoms with Gasteiger partial charge in [-0.25, -0.2) is 0 Å². The van der Waals surface area contributed by atoms with Gasteiger partial charge in [0.05, 0.1) is 45.1 Å². The van der Waals surface area contributed by atoms with Crippen molar-refractivity contribution in [3.05, 3.63) is 59.4 Å². The van der Waals surface area contributed by atoms with Crippen LogP contribution in [0, 0.1) is 0 Å². The van der Waals surface area contributed by atoms with Crippen LogP contribution in [0.2, 0.25) is 0 Å². The first kappa shape index (κ1) is 26.7. The number of aromatic nitrogens is 3. The Morgan fingerprint density at radius 3 is 2.62 bits per heavy atom. The molecule has 0 atom stereocenters. The summed E-state index contributed by atoms with van der Waals surface area (Å²) in [6.45, 7) is 9.16. The molecule has 2 heterocycles. The number of rotatable bonds is 9. The van der Waals surface area contributed by atoms with Crippen LogP contribution in [0.5, 0.6) is 11.5 Å². The Labute approximate surface area is 221 Å².